The second-order valence-corrected chi connectivity index (χ2v) is 7.09. The molecule has 2 N–H and O–H groups in total. The molecular formula is C21H27N3O4. The van der Waals surface area contributed by atoms with E-state index in [1.807, 2.05) is 19.9 Å². The molecule has 1 aliphatic heterocycles. The predicted octanol–water partition coefficient (Wildman–Crippen LogP) is 3.21. The summed E-state index contributed by atoms with van der Waals surface area (Å²) in [6, 6.07) is 3.62. The molecule has 1 aliphatic rings. The molecule has 0 aromatic carbocycles. The fraction of sp³-hybridized carbons (Fsp3) is 0.476. The van der Waals surface area contributed by atoms with Crippen LogP contribution in [0.3, 0.4) is 0 Å². The van der Waals surface area contributed by atoms with Crippen LogP contribution in [0.15, 0.2) is 29.3 Å². The molecule has 7 heteroatoms. The van der Waals surface area contributed by atoms with Crippen molar-refractivity contribution in [3.8, 4) is 16.9 Å². The van der Waals surface area contributed by atoms with E-state index in [-0.39, 0.29) is 5.56 Å². The Balaban J connectivity index is 1.61. The molecular weight excluding hydrogens is 358 g/mol. The Labute approximate surface area is 164 Å². The van der Waals surface area contributed by atoms with Gasteiger partial charge in [-0.3, -0.25) is 9.78 Å². The van der Waals surface area contributed by atoms with Gasteiger partial charge in [0.05, 0.1) is 6.20 Å². The van der Waals surface area contributed by atoms with E-state index in [1.165, 1.54) is 6.20 Å². The Hall–Kier alpha value is -2.67. The lowest BCUT2D eigenvalue weighted by atomic mass is 9.97. The molecule has 7 nitrogen and oxygen atoms in total. The first-order valence-corrected chi connectivity index (χ1v) is 9.78. The fourth-order valence-corrected chi connectivity index (χ4v) is 3.41. The van der Waals surface area contributed by atoms with Crippen LogP contribution in [-0.2, 0) is 11.2 Å². The standard InChI is InChI=1S/C21H27N3O4/c1-3-16-11-19(14(2)24-20(16)25)17-10-18(13-22-12-17)28-21(26)23-7-4-15-5-8-27-9-6-15/h10-13,15H,3-9H2,1-2H3,(H,23,26)(H,24,25). The van der Waals surface area contributed by atoms with Crippen molar-refractivity contribution in [2.75, 3.05) is 19.8 Å². The number of rotatable bonds is 6. The third-order valence-electron chi connectivity index (χ3n) is 5.09. The Morgan fingerprint density at radius 2 is 2.11 bits per heavy atom. The summed E-state index contributed by atoms with van der Waals surface area (Å²) in [6.07, 6.45) is 6.36. The molecule has 3 rings (SSSR count). The number of carbonyl (C=O) groups excluding carboxylic acids is 1. The molecule has 3 heterocycles. The second-order valence-electron chi connectivity index (χ2n) is 7.09. The maximum atomic E-state index is 12.1. The number of aromatic amines is 1. The van der Waals surface area contributed by atoms with Crippen molar-refractivity contribution in [1.82, 2.24) is 15.3 Å². The molecule has 1 amide bonds. The fourth-order valence-electron chi connectivity index (χ4n) is 3.41. The van der Waals surface area contributed by atoms with Crippen LogP contribution < -0.4 is 15.6 Å². The first-order valence-electron chi connectivity index (χ1n) is 9.78. The number of aryl methyl sites for hydroxylation is 2. The first kappa shape index (κ1) is 20.1. The summed E-state index contributed by atoms with van der Waals surface area (Å²) in [5, 5.41) is 2.80. The van der Waals surface area contributed by atoms with Gasteiger partial charge in [-0.05, 0) is 50.7 Å². The Morgan fingerprint density at radius 3 is 2.86 bits per heavy atom. The molecule has 2 aromatic heterocycles. The largest absolute Gasteiger partial charge is 0.412 e. The average molecular weight is 385 g/mol. The van der Waals surface area contributed by atoms with Crippen molar-refractivity contribution in [1.29, 1.82) is 0 Å². The molecule has 0 unspecified atom stereocenters. The topological polar surface area (TPSA) is 93.3 Å². The van der Waals surface area contributed by atoms with Gasteiger partial charge in [0.25, 0.3) is 5.56 Å². The molecule has 0 atom stereocenters. The highest BCUT2D eigenvalue weighted by Gasteiger charge is 2.14. The van der Waals surface area contributed by atoms with Crippen LogP contribution in [0.1, 0.15) is 37.4 Å². The van der Waals surface area contributed by atoms with Crippen LogP contribution >= 0.6 is 0 Å². The average Bonchev–Trinajstić information content (AvgIpc) is 2.69. The molecule has 1 saturated heterocycles. The van der Waals surface area contributed by atoms with Gasteiger partial charge < -0.3 is 19.8 Å². The smallest absolute Gasteiger partial charge is 0.409 e. The van der Waals surface area contributed by atoms with Gasteiger partial charge in [0.2, 0.25) is 0 Å². The van der Waals surface area contributed by atoms with E-state index in [1.54, 1.807) is 12.3 Å². The highest BCUT2D eigenvalue weighted by molar-refractivity contribution is 5.72. The summed E-state index contributed by atoms with van der Waals surface area (Å²) in [7, 11) is 0. The van der Waals surface area contributed by atoms with E-state index in [9.17, 15) is 9.59 Å². The van der Waals surface area contributed by atoms with E-state index in [4.69, 9.17) is 9.47 Å². The number of hydrogen-bond donors (Lipinski definition) is 2. The quantitative estimate of drug-likeness (QED) is 0.796. The molecule has 0 aliphatic carbocycles. The lowest BCUT2D eigenvalue weighted by molar-refractivity contribution is 0.0640. The summed E-state index contributed by atoms with van der Waals surface area (Å²) >= 11 is 0. The van der Waals surface area contributed by atoms with Gasteiger partial charge in [-0.2, -0.15) is 0 Å². The Morgan fingerprint density at radius 1 is 1.32 bits per heavy atom. The summed E-state index contributed by atoms with van der Waals surface area (Å²) in [5.74, 6) is 0.958. The Bertz CT molecular complexity index is 872. The molecule has 28 heavy (non-hydrogen) atoms. The van der Waals surface area contributed by atoms with Crippen molar-refractivity contribution >= 4 is 6.09 Å². The number of ether oxygens (including phenoxy) is 2. The third-order valence-corrected chi connectivity index (χ3v) is 5.09. The molecule has 2 aromatic rings. The summed E-state index contributed by atoms with van der Waals surface area (Å²) < 4.78 is 10.7. The molecule has 150 valence electrons. The summed E-state index contributed by atoms with van der Waals surface area (Å²) in [6.45, 7) is 5.96. The molecule has 1 fully saturated rings. The van der Waals surface area contributed by atoms with E-state index in [2.05, 4.69) is 15.3 Å². The van der Waals surface area contributed by atoms with Crippen LogP contribution in [0, 0.1) is 12.8 Å². The number of amides is 1. The maximum absolute atomic E-state index is 12.1. The monoisotopic (exact) mass is 385 g/mol. The van der Waals surface area contributed by atoms with Crippen LogP contribution in [0.2, 0.25) is 0 Å². The van der Waals surface area contributed by atoms with Crippen molar-refractivity contribution < 1.29 is 14.3 Å². The van der Waals surface area contributed by atoms with Gasteiger partial charge >= 0.3 is 6.09 Å². The molecule has 0 bridgehead atoms. The minimum Gasteiger partial charge on any atom is -0.409 e. The molecule has 0 radical (unpaired) electrons. The zero-order valence-corrected chi connectivity index (χ0v) is 16.4. The molecule has 0 spiro atoms. The SMILES string of the molecule is CCc1cc(-c2cncc(OC(=O)NCCC3CCOCC3)c2)c(C)[nH]c1=O. The number of H-pyrrole nitrogens is 1. The summed E-state index contributed by atoms with van der Waals surface area (Å²) in [5.41, 5.74) is 3.04. The van der Waals surface area contributed by atoms with Gasteiger partial charge in [-0.25, -0.2) is 4.79 Å². The normalized spacial score (nSPS) is 14.6. The van der Waals surface area contributed by atoms with Crippen molar-refractivity contribution in [2.24, 2.45) is 5.92 Å². The van der Waals surface area contributed by atoms with E-state index < -0.39 is 6.09 Å². The first-order chi connectivity index (χ1) is 13.6. The van der Waals surface area contributed by atoms with Crippen LogP contribution in [0.5, 0.6) is 5.75 Å². The van der Waals surface area contributed by atoms with Crippen LogP contribution in [0.4, 0.5) is 4.79 Å². The predicted molar refractivity (Wildman–Crippen MR) is 107 cm³/mol. The molecule has 0 saturated carbocycles. The highest BCUT2D eigenvalue weighted by Crippen LogP contribution is 2.25. The van der Waals surface area contributed by atoms with Crippen molar-refractivity contribution in [3.05, 3.63) is 46.1 Å². The minimum absolute atomic E-state index is 0.0759. The van der Waals surface area contributed by atoms with Crippen molar-refractivity contribution in [2.45, 2.75) is 39.5 Å². The van der Waals surface area contributed by atoms with Gasteiger partial charge in [-0.15, -0.1) is 0 Å². The third kappa shape index (κ3) is 5.19. The second kappa shape index (κ2) is 9.50. The number of nitrogens with zero attached hydrogens (tertiary/aromatic N) is 1. The number of carbonyl (C=O) groups is 1. The van der Waals surface area contributed by atoms with Gasteiger partial charge in [-0.1, -0.05) is 6.92 Å². The van der Waals surface area contributed by atoms with Gasteiger partial charge in [0.1, 0.15) is 0 Å². The Kier molecular flexibility index (Phi) is 6.81. The number of nitrogens with one attached hydrogen (secondary N) is 2. The van der Waals surface area contributed by atoms with E-state index in [0.717, 1.165) is 49.3 Å². The van der Waals surface area contributed by atoms with E-state index in [0.29, 0.717) is 30.2 Å². The van der Waals surface area contributed by atoms with Gasteiger partial charge in [0.15, 0.2) is 5.75 Å². The van der Waals surface area contributed by atoms with E-state index >= 15 is 0 Å². The number of hydrogen-bond acceptors (Lipinski definition) is 5. The number of aromatic nitrogens is 2. The zero-order chi connectivity index (χ0) is 19.9. The zero-order valence-electron chi connectivity index (χ0n) is 16.4. The number of pyridine rings is 2. The highest BCUT2D eigenvalue weighted by atomic mass is 16.6. The summed E-state index contributed by atoms with van der Waals surface area (Å²) in [4.78, 5) is 31.0. The lowest BCUT2D eigenvalue weighted by Crippen LogP contribution is -2.30. The van der Waals surface area contributed by atoms with Crippen LogP contribution in [0.25, 0.3) is 11.1 Å². The van der Waals surface area contributed by atoms with Crippen LogP contribution in [-0.4, -0.2) is 35.8 Å². The van der Waals surface area contributed by atoms with Gasteiger partial charge in [0, 0.05) is 48.3 Å². The minimum atomic E-state index is -0.488. The van der Waals surface area contributed by atoms with Crippen molar-refractivity contribution in [3.63, 3.8) is 0 Å². The lowest BCUT2D eigenvalue weighted by Gasteiger charge is -2.21. The maximum Gasteiger partial charge on any atom is 0.412 e.